The molecule has 0 bridgehead atoms. The van der Waals surface area contributed by atoms with Gasteiger partial charge in [0.25, 0.3) is 0 Å². The zero-order chi connectivity index (χ0) is 14.4. The highest BCUT2D eigenvalue weighted by Crippen LogP contribution is 2.18. The maximum Gasteiger partial charge on any atom is 0.358 e. The molecule has 1 saturated heterocycles. The zero-order valence-corrected chi connectivity index (χ0v) is 12.1. The standard InChI is InChI=1S/C14H22N4O2/c1-3-9-18(11-5-4-8-15-10-11)13-7-6-12(16-17-13)14(19)20-2/h6-7,11,15H,3-5,8-10H2,1-2H3. The molecule has 1 unspecified atom stereocenters. The maximum absolute atomic E-state index is 11.4. The Morgan fingerprint density at radius 1 is 1.50 bits per heavy atom. The third-order valence-electron chi connectivity index (χ3n) is 3.52. The number of anilines is 1. The van der Waals surface area contributed by atoms with Crippen LogP contribution in [0.5, 0.6) is 0 Å². The molecule has 0 saturated carbocycles. The van der Waals surface area contributed by atoms with Gasteiger partial charge in [-0.1, -0.05) is 6.92 Å². The first-order valence-corrected chi connectivity index (χ1v) is 7.15. The van der Waals surface area contributed by atoms with Gasteiger partial charge in [0.2, 0.25) is 0 Å². The van der Waals surface area contributed by atoms with E-state index in [9.17, 15) is 4.79 Å². The summed E-state index contributed by atoms with van der Waals surface area (Å²) < 4.78 is 4.64. The van der Waals surface area contributed by atoms with Gasteiger partial charge in [0, 0.05) is 19.1 Å². The number of carbonyl (C=O) groups excluding carboxylic acids is 1. The van der Waals surface area contributed by atoms with E-state index in [0.29, 0.717) is 6.04 Å². The first-order chi connectivity index (χ1) is 9.76. The van der Waals surface area contributed by atoms with Gasteiger partial charge in [0.1, 0.15) is 0 Å². The van der Waals surface area contributed by atoms with Crippen LogP contribution in [0.15, 0.2) is 12.1 Å². The fourth-order valence-corrected chi connectivity index (χ4v) is 2.52. The molecule has 0 spiro atoms. The van der Waals surface area contributed by atoms with Crippen LogP contribution in [0.4, 0.5) is 5.82 Å². The largest absolute Gasteiger partial charge is 0.464 e. The summed E-state index contributed by atoms with van der Waals surface area (Å²) in [6.07, 6.45) is 3.39. The van der Waals surface area contributed by atoms with Crippen molar-refractivity contribution in [2.75, 3.05) is 31.6 Å². The molecule has 1 N–H and O–H groups in total. The highest BCUT2D eigenvalue weighted by molar-refractivity contribution is 5.86. The molecule has 0 amide bonds. The van der Waals surface area contributed by atoms with Crippen LogP contribution in [-0.2, 0) is 4.74 Å². The van der Waals surface area contributed by atoms with Gasteiger partial charge in [-0.2, -0.15) is 0 Å². The Balaban J connectivity index is 2.13. The molecule has 110 valence electrons. The molecule has 0 aromatic carbocycles. The number of aromatic nitrogens is 2. The average Bonchev–Trinajstić information content (AvgIpc) is 2.53. The highest BCUT2D eigenvalue weighted by atomic mass is 16.5. The molecule has 2 rings (SSSR count). The fraction of sp³-hybridized carbons (Fsp3) is 0.643. The van der Waals surface area contributed by atoms with E-state index in [1.165, 1.54) is 13.5 Å². The quantitative estimate of drug-likeness (QED) is 0.817. The van der Waals surface area contributed by atoms with Gasteiger partial charge < -0.3 is 15.0 Å². The molecule has 1 fully saturated rings. The first kappa shape index (κ1) is 14.7. The number of methoxy groups -OCH3 is 1. The van der Waals surface area contributed by atoms with Gasteiger partial charge in [0.15, 0.2) is 11.5 Å². The van der Waals surface area contributed by atoms with E-state index in [1.807, 2.05) is 6.07 Å². The molecule has 0 radical (unpaired) electrons. The number of nitrogens with one attached hydrogen (secondary N) is 1. The molecule has 20 heavy (non-hydrogen) atoms. The minimum absolute atomic E-state index is 0.245. The Kier molecular flexibility index (Phi) is 5.29. The highest BCUT2D eigenvalue weighted by Gasteiger charge is 2.22. The topological polar surface area (TPSA) is 67.4 Å². The number of carbonyl (C=O) groups is 1. The SMILES string of the molecule is CCCN(c1ccc(C(=O)OC)nn1)C1CCCNC1. The molecular weight excluding hydrogens is 256 g/mol. The van der Waals surface area contributed by atoms with E-state index in [2.05, 4.69) is 32.1 Å². The summed E-state index contributed by atoms with van der Waals surface area (Å²) in [5.41, 5.74) is 0.245. The lowest BCUT2D eigenvalue weighted by Crippen LogP contribution is -2.47. The van der Waals surface area contributed by atoms with E-state index >= 15 is 0 Å². The summed E-state index contributed by atoms with van der Waals surface area (Å²) in [7, 11) is 1.34. The molecular formula is C14H22N4O2. The van der Waals surface area contributed by atoms with Crippen LogP contribution in [0.1, 0.15) is 36.7 Å². The molecule has 1 aromatic heterocycles. The third-order valence-corrected chi connectivity index (χ3v) is 3.52. The number of ether oxygens (including phenoxy) is 1. The van der Waals surface area contributed by atoms with Gasteiger partial charge >= 0.3 is 5.97 Å². The number of esters is 1. The van der Waals surface area contributed by atoms with Crippen molar-refractivity contribution in [3.05, 3.63) is 17.8 Å². The van der Waals surface area contributed by atoms with Gasteiger partial charge in [-0.05, 0) is 37.9 Å². The summed E-state index contributed by atoms with van der Waals surface area (Å²) in [5.74, 6) is 0.374. The lowest BCUT2D eigenvalue weighted by atomic mass is 10.1. The molecule has 6 heteroatoms. The van der Waals surface area contributed by atoms with Gasteiger partial charge in [0.05, 0.1) is 7.11 Å². The van der Waals surface area contributed by atoms with Crippen LogP contribution in [0, 0.1) is 0 Å². The fourth-order valence-electron chi connectivity index (χ4n) is 2.52. The lowest BCUT2D eigenvalue weighted by Gasteiger charge is -2.35. The molecule has 1 aromatic rings. The number of hydrogen-bond acceptors (Lipinski definition) is 6. The number of piperidine rings is 1. The van der Waals surface area contributed by atoms with Crippen LogP contribution < -0.4 is 10.2 Å². The summed E-state index contributed by atoms with van der Waals surface area (Å²) in [6, 6.07) is 3.97. The molecule has 2 heterocycles. The van der Waals surface area contributed by atoms with Gasteiger partial charge in [-0.25, -0.2) is 4.79 Å². The first-order valence-electron chi connectivity index (χ1n) is 7.15. The lowest BCUT2D eigenvalue weighted by molar-refractivity contribution is 0.0592. The maximum atomic E-state index is 11.4. The molecule has 6 nitrogen and oxygen atoms in total. The van der Waals surface area contributed by atoms with Crippen LogP contribution in [0.2, 0.25) is 0 Å². The van der Waals surface area contributed by atoms with Crippen molar-refractivity contribution >= 4 is 11.8 Å². The van der Waals surface area contributed by atoms with Crippen LogP contribution in [0.25, 0.3) is 0 Å². The molecule has 1 aliphatic heterocycles. The van der Waals surface area contributed by atoms with E-state index in [4.69, 9.17) is 0 Å². The Morgan fingerprint density at radius 2 is 2.35 bits per heavy atom. The van der Waals surface area contributed by atoms with E-state index in [1.54, 1.807) is 6.07 Å². The summed E-state index contributed by atoms with van der Waals surface area (Å²) in [6.45, 7) is 5.15. The average molecular weight is 278 g/mol. The van der Waals surface area contributed by atoms with E-state index < -0.39 is 5.97 Å². The summed E-state index contributed by atoms with van der Waals surface area (Å²) in [5, 5.41) is 11.6. The van der Waals surface area contributed by atoms with Crippen molar-refractivity contribution in [1.82, 2.24) is 15.5 Å². The Labute approximate surface area is 119 Å². The minimum Gasteiger partial charge on any atom is -0.464 e. The van der Waals surface area contributed by atoms with Crippen molar-refractivity contribution in [2.24, 2.45) is 0 Å². The number of hydrogen-bond donors (Lipinski definition) is 1. The van der Waals surface area contributed by atoms with Crippen molar-refractivity contribution in [1.29, 1.82) is 0 Å². The zero-order valence-electron chi connectivity index (χ0n) is 12.1. The van der Waals surface area contributed by atoms with Crippen molar-refractivity contribution in [3.63, 3.8) is 0 Å². The van der Waals surface area contributed by atoms with Crippen LogP contribution in [-0.4, -0.2) is 49.0 Å². The minimum atomic E-state index is -0.453. The second-order valence-electron chi connectivity index (χ2n) is 4.96. The molecule has 1 aliphatic rings. The second-order valence-corrected chi connectivity index (χ2v) is 4.96. The monoisotopic (exact) mass is 278 g/mol. The predicted molar refractivity (Wildman–Crippen MR) is 76.9 cm³/mol. The molecule has 0 aliphatic carbocycles. The van der Waals surface area contributed by atoms with Crippen molar-refractivity contribution in [2.45, 2.75) is 32.2 Å². The van der Waals surface area contributed by atoms with E-state index in [-0.39, 0.29) is 5.69 Å². The van der Waals surface area contributed by atoms with Crippen molar-refractivity contribution < 1.29 is 9.53 Å². The molecule has 1 atom stereocenters. The van der Waals surface area contributed by atoms with E-state index in [0.717, 1.165) is 38.3 Å². The predicted octanol–water partition coefficient (Wildman–Crippen LogP) is 1.23. The van der Waals surface area contributed by atoms with Crippen molar-refractivity contribution in [3.8, 4) is 0 Å². The normalized spacial score (nSPS) is 18.6. The Hall–Kier alpha value is -1.69. The smallest absolute Gasteiger partial charge is 0.358 e. The van der Waals surface area contributed by atoms with Gasteiger partial charge in [-0.15, -0.1) is 10.2 Å². The number of rotatable bonds is 5. The second kappa shape index (κ2) is 7.19. The Morgan fingerprint density at radius 3 is 2.90 bits per heavy atom. The van der Waals surface area contributed by atoms with Gasteiger partial charge in [-0.3, -0.25) is 0 Å². The van der Waals surface area contributed by atoms with Crippen LogP contribution in [0.3, 0.4) is 0 Å². The third kappa shape index (κ3) is 3.45. The summed E-state index contributed by atoms with van der Waals surface area (Å²) in [4.78, 5) is 13.7. The number of nitrogens with zero attached hydrogens (tertiary/aromatic N) is 3. The van der Waals surface area contributed by atoms with Crippen LogP contribution >= 0.6 is 0 Å². The Bertz CT molecular complexity index is 429. The summed E-state index contributed by atoms with van der Waals surface area (Å²) >= 11 is 0.